The van der Waals surface area contributed by atoms with Crippen molar-refractivity contribution in [2.45, 2.75) is 24.8 Å². The topological polar surface area (TPSA) is 38.0 Å². The van der Waals surface area contributed by atoms with Crippen LogP contribution < -0.4 is 11.1 Å². The van der Waals surface area contributed by atoms with Crippen LogP contribution in [0.5, 0.6) is 0 Å². The molecule has 0 spiro atoms. The molecule has 0 radical (unpaired) electrons. The van der Waals surface area contributed by atoms with Gasteiger partial charge in [-0.3, -0.25) is 0 Å². The smallest absolute Gasteiger partial charge is 0.0359 e. The van der Waals surface area contributed by atoms with Crippen molar-refractivity contribution in [2.24, 2.45) is 5.73 Å². The summed E-state index contributed by atoms with van der Waals surface area (Å²) in [6.45, 7) is 4.11. The van der Waals surface area contributed by atoms with E-state index in [0.29, 0.717) is 5.92 Å². The van der Waals surface area contributed by atoms with E-state index in [4.69, 9.17) is 5.73 Å². The largest absolute Gasteiger partial charge is 0.323 e. The Labute approximate surface area is 85.5 Å². The van der Waals surface area contributed by atoms with Crippen LogP contribution >= 0.6 is 0 Å². The number of rotatable bonds is 2. The minimum atomic E-state index is -0.0542. The summed E-state index contributed by atoms with van der Waals surface area (Å²) >= 11 is 0. The van der Waals surface area contributed by atoms with Gasteiger partial charge in [0, 0.05) is 24.5 Å². The average Bonchev–Trinajstić information content (AvgIpc) is 2.63. The fraction of sp³-hybridized carbons (Fsp3) is 0.500. The van der Waals surface area contributed by atoms with E-state index in [9.17, 15) is 0 Å². The summed E-state index contributed by atoms with van der Waals surface area (Å²) in [6, 6.07) is 10.6. The molecule has 0 aromatic heterocycles. The Kier molecular flexibility index (Phi) is 2.57. The maximum Gasteiger partial charge on any atom is 0.0359 e. The summed E-state index contributed by atoms with van der Waals surface area (Å²) in [5.74, 6) is 0.466. The van der Waals surface area contributed by atoms with Crippen LogP contribution in [0.4, 0.5) is 0 Å². The van der Waals surface area contributed by atoms with Gasteiger partial charge in [-0.25, -0.2) is 0 Å². The molecule has 2 heteroatoms. The highest BCUT2D eigenvalue weighted by molar-refractivity contribution is 5.26. The van der Waals surface area contributed by atoms with Gasteiger partial charge in [0.05, 0.1) is 0 Å². The molecule has 1 fully saturated rings. The maximum atomic E-state index is 6.37. The highest BCUT2D eigenvalue weighted by atomic mass is 15.0. The lowest BCUT2D eigenvalue weighted by atomic mass is 9.81. The van der Waals surface area contributed by atoms with Gasteiger partial charge in [0.2, 0.25) is 0 Å². The van der Waals surface area contributed by atoms with E-state index in [1.54, 1.807) is 0 Å². The first-order valence-corrected chi connectivity index (χ1v) is 5.31. The van der Waals surface area contributed by atoms with Gasteiger partial charge in [-0.05, 0) is 12.0 Å². The molecule has 2 nitrogen and oxygen atoms in total. The van der Waals surface area contributed by atoms with Crippen LogP contribution in [-0.2, 0) is 0 Å². The molecule has 1 aliphatic rings. The highest BCUT2D eigenvalue weighted by Crippen LogP contribution is 2.31. The van der Waals surface area contributed by atoms with Crippen molar-refractivity contribution in [3.05, 3.63) is 35.9 Å². The standard InChI is InChI=1S/C12H18N2/c1-2-12(13)9-14-8-11(12)10-6-4-3-5-7-10/h3-7,11,14H,2,8-9,13H2,1H3. The zero-order chi connectivity index (χ0) is 10.0. The maximum absolute atomic E-state index is 6.37. The zero-order valence-electron chi connectivity index (χ0n) is 8.66. The van der Waals surface area contributed by atoms with Crippen LogP contribution in [0, 0.1) is 0 Å². The molecular formula is C12H18N2. The third-order valence-electron chi connectivity index (χ3n) is 3.36. The first-order valence-electron chi connectivity index (χ1n) is 5.31. The third kappa shape index (κ3) is 1.56. The lowest BCUT2D eigenvalue weighted by Gasteiger charge is -2.29. The quantitative estimate of drug-likeness (QED) is 0.741. The molecular weight excluding hydrogens is 172 g/mol. The Hall–Kier alpha value is -0.860. The second-order valence-electron chi connectivity index (χ2n) is 4.18. The van der Waals surface area contributed by atoms with Crippen molar-refractivity contribution in [1.29, 1.82) is 0 Å². The lowest BCUT2D eigenvalue weighted by molar-refractivity contribution is 0.405. The van der Waals surface area contributed by atoms with E-state index >= 15 is 0 Å². The lowest BCUT2D eigenvalue weighted by Crippen LogP contribution is -2.45. The fourth-order valence-electron chi connectivity index (χ4n) is 2.28. The van der Waals surface area contributed by atoms with Crippen molar-refractivity contribution in [1.82, 2.24) is 5.32 Å². The van der Waals surface area contributed by atoms with Gasteiger partial charge in [0.15, 0.2) is 0 Å². The monoisotopic (exact) mass is 190 g/mol. The Morgan fingerprint density at radius 2 is 2.14 bits per heavy atom. The van der Waals surface area contributed by atoms with Gasteiger partial charge >= 0.3 is 0 Å². The number of nitrogens with two attached hydrogens (primary N) is 1. The molecule has 0 bridgehead atoms. The van der Waals surface area contributed by atoms with E-state index in [1.165, 1.54) is 5.56 Å². The molecule has 1 aromatic rings. The molecule has 76 valence electrons. The molecule has 2 rings (SSSR count). The van der Waals surface area contributed by atoms with E-state index < -0.39 is 0 Å². The van der Waals surface area contributed by atoms with Gasteiger partial charge in [-0.1, -0.05) is 37.3 Å². The Morgan fingerprint density at radius 1 is 1.43 bits per heavy atom. The Morgan fingerprint density at radius 3 is 2.79 bits per heavy atom. The molecule has 1 aromatic carbocycles. The van der Waals surface area contributed by atoms with Crippen LogP contribution in [-0.4, -0.2) is 18.6 Å². The van der Waals surface area contributed by atoms with Crippen LogP contribution in [0.3, 0.4) is 0 Å². The molecule has 0 amide bonds. The van der Waals surface area contributed by atoms with Crippen LogP contribution in [0.1, 0.15) is 24.8 Å². The summed E-state index contributed by atoms with van der Waals surface area (Å²) in [5.41, 5.74) is 7.68. The van der Waals surface area contributed by atoms with Gasteiger partial charge in [0.25, 0.3) is 0 Å². The summed E-state index contributed by atoms with van der Waals surface area (Å²) in [7, 11) is 0. The summed E-state index contributed by atoms with van der Waals surface area (Å²) in [4.78, 5) is 0. The van der Waals surface area contributed by atoms with E-state index in [1.807, 2.05) is 0 Å². The van der Waals surface area contributed by atoms with Crippen LogP contribution in [0.25, 0.3) is 0 Å². The second kappa shape index (κ2) is 3.71. The molecule has 1 saturated heterocycles. The number of nitrogens with one attached hydrogen (secondary N) is 1. The molecule has 0 aliphatic carbocycles. The van der Waals surface area contributed by atoms with Crippen molar-refractivity contribution >= 4 is 0 Å². The minimum Gasteiger partial charge on any atom is -0.323 e. The SMILES string of the molecule is CCC1(N)CNCC1c1ccccc1. The van der Waals surface area contributed by atoms with Crippen LogP contribution in [0.15, 0.2) is 30.3 Å². The zero-order valence-corrected chi connectivity index (χ0v) is 8.66. The predicted molar refractivity (Wildman–Crippen MR) is 59.3 cm³/mol. The highest BCUT2D eigenvalue weighted by Gasteiger charge is 2.38. The molecule has 1 aliphatic heterocycles. The van der Waals surface area contributed by atoms with Crippen molar-refractivity contribution in [2.75, 3.05) is 13.1 Å². The Balaban J connectivity index is 2.26. The van der Waals surface area contributed by atoms with Crippen molar-refractivity contribution in [3.8, 4) is 0 Å². The number of benzene rings is 1. The van der Waals surface area contributed by atoms with E-state index in [0.717, 1.165) is 19.5 Å². The summed E-state index contributed by atoms with van der Waals surface area (Å²) in [5, 5.41) is 3.39. The van der Waals surface area contributed by atoms with Gasteiger partial charge in [-0.2, -0.15) is 0 Å². The normalized spacial score (nSPS) is 32.0. The van der Waals surface area contributed by atoms with E-state index in [2.05, 4.69) is 42.6 Å². The average molecular weight is 190 g/mol. The third-order valence-corrected chi connectivity index (χ3v) is 3.36. The minimum absolute atomic E-state index is 0.0542. The number of hydrogen-bond acceptors (Lipinski definition) is 2. The van der Waals surface area contributed by atoms with Crippen molar-refractivity contribution < 1.29 is 0 Å². The second-order valence-corrected chi connectivity index (χ2v) is 4.18. The van der Waals surface area contributed by atoms with Gasteiger partial charge in [0.1, 0.15) is 0 Å². The molecule has 14 heavy (non-hydrogen) atoms. The molecule has 1 heterocycles. The van der Waals surface area contributed by atoms with Gasteiger partial charge in [-0.15, -0.1) is 0 Å². The van der Waals surface area contributed by atoms with Gasteiger partial charge < -0.3 is 11.1 Å². The predicted octanol–water partition coefficient (Wildman–Crippen LogP) is 1.48. The first-order chi connectivity index (χ1) is 6.76. The molecule has 2 atom stereocenters. The summed E-state index contributed by atoms with van der Waals surface area (Å²) in [6.07, 6.45) is 1.03. The van der Waals surface area contributed by atoms with Crippen molar-refractivity contribution in [3.63, 3.8) is 0 Å². The molecule has 2 unspecified atom stereocenters. The van der Waals surface area contributed by atoms with Crippen LogP contribution in [0.2, 0.25) is 0 Å². The molecule has 3 N–H and O–H groups in total. The van der Waals surface area contributed by atoms with E-state index in [-0.39, 0.29) is 5.54 Å². The first kappa shape index (κ1) is 9.69. The number of hydrogen-bond donors (Lipinski definition) is 2. The molecule has 0 saturated carbocycles. The Bertz CT molecular complexity index is 296. The summed E-state index contributed by atoms with van der Waals surface area (Å²) < 4.78 is 0. The fourth-order valence-corrected chi connectivity index (χ4v) is 2.28.